The number of hydrogen-bond acceptors (Lipinski definition) is 8. The van der Waals surface area contributed by atoms with Gasteiger partial charge in [0, 0.05) is 94.0 Å². The maximum Gasteiger partial charge on any atom is 0.393 e. The van der Waals surface area contributed by atoms with E-state index >= 15 is 0 Å². The molecule has 3 aliphatic rings. The summed E-state index contributed by atoms with van der Waals surface area (Å²) in [7, 11) is -3.18. The molecule has 0 saturated carbocycles. The van der Waals surface area contributed by atoms with Gasteiger partial charge in [0.05, 0.1) is 23.8 Å². The Morgan fingerprint density at radius 1 is 1.02 bits per heavy atom. The molecule has 2 aromatic carbocycles. The van der Waals surface area contributed by atoms with E-state index < -0.39 is 22.6 Å². The van der Waals surface area contributed by atoms with E-state index in [0.29, 0.717) is 55.0 Å². The van der Waals surface area contributed by atoms with E-state index in [9.17, 15) is 26.9 Å². The fraction of sp³-hybridized carbons (Fsp3) is 0.528. The van der Waals surface area contributed by atoms with Gasteiger partial charge in [-0.05, 0) is 67.0 Å². The van der Waals surface area contributed by atoms with E-state index in [4.69, 9.17) is 0 Å². The quantitative estimate of drug-likeness (QED) is 0.254. The Morgan fingerprint density at radius 3 is 2.40 bits per heavy atom. The van der Waals surface area contributed by atoms with Crippen LogP contribution in [-0.4, -0.2) is 108 Å². The van der Waals surface area contributed by atoms with Crippen LogP contribution >= 0.6 is 0 Å². The third kappa shape index (κ3) is 6.93. The molecule has 3 saturated heterocycles. The van der Waals surface area contributed by atoms with Crippen molar-refractivity contribution in [3.05, 3.63) is 65.1 Å². The summed E-state index contributed by atoms with van der Waals surface area (Å²) in [5.74, 6) is 0.707. The summed E-state index contributed by atoms with van der Waals surface area (Å²) in [6, 6.07) is 11.7. The zero-order chi connectivity index (χ0) is 35.4. The molecule has 4 aromatic rings. The van der Waals surface area contributed by atoms with Gasteiger partial charge < -0.3 is 9.47 Å². The van der Waals surface area contributed by atoms with Crippen molar-refractivity contribution < 1.29 is 21.6 Å². The van der Waals surface area contributed by atoms with Crippen LogP contribution in [0.15, 0.2) is 42.9 Å². The Bertz CT molecular complexity index is 2050. The van der Waals surface area contributed by atoms with Crippen molar-refractivity contribution in [2.24, 2.45) is 5.41 Å². The van der Waals surface area contributed by atoms with Crippen LogP contribution in [0.25, 0.3) is 21.8 Å². The lowest BCUT2D eigenvalue weighted by Crippen LogP contribution is -2.59. The number of nitriles is 1. The Balaban J connectivity index is 0.983. The van der Waals surface area contributed by atoms with Crippen LogP contribution in [0.2, 0.25) is 0 Å². The number of piperazine rings is 1. The average molecular weight is 709 g/mol. The summed E-state index contributed by atoms with van der Waals surface area (Å²) >= 11 is 0. The molecule has 2 aromatic heterocycles. The fourth-order valence-electron chi connectivity index (χ4n) is 8.34. The monoisotopic (exact) mass is 708 g/mol. The second-order valence-corrected chi connectivity index (χ2v) is 16.6. The molecule has 3 fully saturated rings. The molecule has 3 aliphatic heterocycles. The Hall–Kier alpha value is -3.77. The van der Waals surface area contributed by atoms with Crippen LogP contribution in [0.3, 0.4) is 0 Å². The van der Waals surface area contributed by atoms with Crippen molar-refractivity contribution in [1.29, 1.82) is 5.26 Å². The van der Waals surface area contributed by atoms with E-state index in [0.717, 1.165) is 62.0 Å². The highest BCUT2D eigenvalue weighted by Crippen LogP contribution is 2.43. The lowest BCUT2D eigenvalue weighted by molar-refractivity contribution is -0.127. The molecule has 14 heteroatoms. The van der Waals surface area contributed by atoms with Gasteiger partial charge in [-0.2, -0.15) is 22.7 Å². The van der Waals surface area contributed by atoms with E-state index in [-0.39, 0.29) is 17.0 Å². The van der Waals surface area contributed by atoms with E-state index in [1.54, 1.807) is 12.1 Å². The number of alkyl halides is 3. The molecular formula is C36H43F3N8O2S. The minimum Gasteiger partial charge on any atom is -0.356 e. The van der Waals surface area contributed by atoms with Crippen molar-refractivity contribution in [2.75, 3.05) is 63.5 Å². The maximum atomic E-state index is 13.1. The molecule has 1 spiro atoms. The van der Waals surface area contributed by atoms with Crippen molar-refractivity contribution in [2.45, 2.75) is 58.4 Å². The van der Waals surface area contributed by atoms with Crippen molar-refractivity contribution in [3.8, 4) is 6.07 Å². The smallest absolute Gasteiger partial charge is 0.356 e. The van der Waals surface area contributed by atoms with Crippen molar-refractivity contribution in [3.63, 3.8) is 0 Å². The molecule has 0 bridgehead atoms. The summed E-state index contributed by atoms with van der Waals surface area (Å²) in [5.41, 5.74) is 5.13. The second-order valence-electron chi connectivity index (χ2n) is 14.6. The molecule has 5 heterocycles. The first kappa shape index (κ1) is 34.7. The SMILES string of the molecule is Cc1c(CN2CC3(CCN(c4ncnc5ccc(CC(F)(F)F)cc45)CC3)C2)ccc2c1c(C#N)cn2CC(C)N1CCN(S(C)(=O)=O)CC1. The number of fused-ring (bicyclic) bond motifs is 2. The zero-order valence-electron chi connectivity index (χ0n) is 28.7. The molecule has 0 N–H and O–H groups in total. The number of piperidine rings is 1. The van der Waals surface area contributed by atoms with Crippen LogP contribution in [0, 0.1) is 23.7 Å². The van der Waals surface area contributed by atoms with Gasteiger partial charge in [0.15, 0.2) is 0 Å². The first-order valence-corrected chi connectivity index (χ1v) is 19.1. The number of likely N-dealkylation sites (tertiary alicyclic amines) is 1. The molecule has 10 nitrogen and oxygen atoms in total. The number of benzene rings is 2. The molecular weight excluding hydrogens is 666 g/mol. The number of nitrogens with zero attached hydrogens (tertiary/aromatic N) is 8. The van der Waals surface area contributed by atoms with Crippen molar-refractivity contribution in [1.82, 2.24) is 28.6 Å². The lowest BCUT2D eigenvalue weighted by atomic mass is 9.71. The van der Waals surface area contributed by atoms with E-state index in [1.807, 2.05) is 6.20 Å². The molecule has 7 rings (SSSR count). The summed E-state index contributed by atoms with van der Waals surface area (Å²) in [4.78, 5) is 15.8. The third-order valence-corrected chi connectivity index (χ3v) is 12.4. The van der Waals surface area contributed by atoms with E-state index in [2.05, 4.69) is 61.3 Å². The molecule has 266 valence electrons. The van der Waals surface area contributed by atoms with Gasteiger partial charge in [-0.3, -0.25) is 9.80 Å². The van der Waals surface area contributed by atoms with Gasteiger partial charge >= 0.3 is 6.18 Å². The average Bonchev–Trinajstić information content (AvgIpc) is 3.42. The minimum absolute atomic E-state index is 0.183. The first-order valence-electron chi connectivity index (χ1n) is 17.2. The Labute approximate surface area is 291 Å². The molecule has 1 atom stereocenters. The predicted octanol–water partition coefficient (Wildman–Crippen LogP) is 4.94. The van der Waals surface area contributed by atoms with Crippen molar-refractivity contribution >= 4 is 37.6 Å². The predicted molar refractivity (Wildman–Crippen MR) is 187 cm³/mol. The highest BCUT2D eigenvalue weighted by Gasteiger charge is 2.45. The fourth-order valence-corrected chi connectivity index (χ4v) is 9.17. The van der Waals surface area contributed by atoms with Crippen LogP contribution < -0.4 is 4.90 Å². The number of halogens is 3. The minimum atomic E-state index is -4.27. The van der Waals surface area contributed by atoms with Gasteiger partial charge in [-0.1, -0.05) is 12.1 Å². The summed E-state index contributed by atoms with van der Waals surface area (Å²) in [5, 5.41) is 11.7. The standard InChI is InChI=1S/C36H43F3N8O2S/c1-25(44-12-14-47(15-13-44)50(3,48)49)19-46-21-29(18-40)33-26(2)28(5-7-32(33)46)20-43-22-35(23-43)8-10-45(11-9-35)34-30-16-27(17-36(37,38)39)4-6-31(30)41-24-42-34/h4-7,16,21,24-25H,8-15,17,19-20,22-23H2,1-3H3. The largest absolute Gasteiger partial charge is 0.393 e. The van der Waals surface area contributed by atoms with E-state index in [1.165, 1.54) is 28.5 Å². The van der Waals surface area contributed by atoms with Crippen LogP contribution in [0.4, 0.5) is 19.0 Å². The molecule has 1 unspecified atom stereocenters. The summed E-state index contributed by atoms with van der Waals surface area (Å²) in [6.07, 6.45) is 1.43. The number of hydrogen-bond donors (Lipinski definition) is 0. The zero-order valence-corrected chi connectivity index (χ0v) is 29.6. The molecule has 0 amide bonds. The van der Waals surface area contributed by atoms with Gasteiger partial charge in [0.1, 0.15) is 18.2 Å². The molecule has 0 aliphatic carbocycles. The summed E-state index contributed by atoms with van der Waals surface area (Å²) < 4.78 is 66.8. The normalized spacial score (nSPS) is 20.0. The topological polar surface area (TPSA) is 102 Å². The van der Waals surface area contributed by atoms with Gasteiger partial charge in [0.2, 0.25) is 10.0 Å². The van der Waals surface area contributed by atoms with Crippen LogP contribution in [0.1, 0.15) is 42.0 Å². The Morgan fingerprint density at radius 2 is 1.74 bits per heavy atom. The third-order valence-electron chi connectivity index (χ3n) is 11.1. The number of rotatable bonds is 8. The molecule has 0 radical (unpaired) electrons. The maximum absolute atomic E-state index is 13.1. The highest BCUT2D eigenvalue weighted by molar-refractivity contribution is 7.88. The lowest BCUT2D eigenvalue weighted by Gasteiger charge is -2.54. The van der Waals surface area contributed by atoms with Gasteiger partial charge in [-0.25, -0.2) is 18.4 Å². The molecule has 50 heavy (non-hydrogen) atoms. The Kier molecular flexibility index (Phi) is 9.07. The van der Waals surface area contributed by atoms with Crippen LogP contribution in [-0.2, 0) is 29.5 Å². The summed E-state index contributed by atoms with van der Waals surface area (Å²) in [6.45, 7) is 11.7. The number of aromatic nitrogens is 3. The van der Waals surface area contributed by atoms with Gasteiger partial charge in [-0.15, -0.1) is 0 Å². The number of aryl methyl sites for hydroxylation is 1. The van der Waals surface area contributed by atoms with Gasteiger partial charge in [0.25, 0.3) is 0 Å². The highest BCUT2D eigenvalue weighted by atomic mass is 32.2. The second kappa shape index (κ2) is 13.1. The number of sulfonamides is 1. The number of anilines is 1. The van der Waals surface area contributed by atoms with Crippen LogP contribution in [0.5, 0.6) is 0 Å². The first-order chi connectivity index (χ1) is 23.7.